The molecule has 2 heteroatoms. The Hall–Kier alpha value is -1.10. The van der Waals surface area contributed by atoms with Crippen LogP contribution in [-0.2, 0) is 4.79 Å². The smallest absolute Gasteiger partial charge is 0.129 e. The van der Waals surface area contributed by atoms with Gasteiger partial charge in [0.05, 0.1) is 6.07 Å². The molecule has 0 aromatic carbocycles. The standard InChI is InChI=1S/C15H25NO/c1-3-5-7-8-11-15(14-17,10-6-4-2)12-9-13-16/h8,11,14H,3-7,9-10,12H2,1-2H3/b11-8+. The topological polar surface area (TPSA) is 40.9 Å². The summed E-state index contributed by atoms with van der Waals surface area (Å²) in [4.78, 5) is 11.3. The van der Waals surface area contributed by atoms with Crippen molar-refractivity contribution in [3.8, 4) is 6.07 Å². The lowest BCUT2D eigenvalue weighted by atomic mass is 9.79. The molecular formula is C15H25NO. The molecule has 0 spiro atoms. The molecule has 0 aliphatic carbocycles. The number of carbonyl (C=O) groups excluding carboxylic acids is 1. The fourth-order valence-corrected chi connectivity index (χ4v) is 1.88. The van der Waals surface area contributed by atoms with E-state index in [1.54, 1.807) is 0 Å². The van der Waals surface area contributed by atoms with Crippen LogP contribution in [0.1, 0.15) is 65.2 Å². The highest BCUT2D eigenvalue weighted by atomic mass is 16.1. The van der Waals surface area contributed by atoms with E-state index in [0.29, 0.717) is 12.8 Å². The molecule has 0 heterocycles. The van der Waals surface area contributed by atoms with Gasteiger partial charge in [-0.15, -0.1) is 0 Å². The van der Waals surface area contributed by atoms with Gasteiger partial charge >= 0.3 is 0 Å². The van der Waals surface area contributed by atoms with Gasteiger partial charge < -0.3 is 4.79 Å². The van der Waals surface area contributed by atoms with Gasteiger partial charge in [-0.1, -0.05) is 51.7 Å². The van der Waals surface area contributed by atoms with Crippen LogP contribution in [0.4, 0.5) is 0 Å². The van der Waals surface area contributed by atoms with Crippen molar-refractivity contribution in [1.29, 1.82) is 5.26 Å². The molecular weight excluding hydrogens is 210 g/mol. The molecule has 0 aliphatic heterocycles. The molecule has 0 aliphatic rings. The summed E-state index contributed by atoms with van der Waals surface area (Å²) < 4.78 is 0. The van der Waals surface area contributed by atoms with E-state index in [0.717, 1.165) is 38.4 Å². The van der Waals surface area contributed by atoms with E-state index in [1.165, 1.54) is 6.42 Å². The van der Waals surface area contributed by atoms with Crippen molar-refractivity contribution < 1.29 is 4.79 Å². The SMILES string of the molecule is CCCC/C=C/C(C=O)(CCC#N)CCCC. The van der Waals surface area contributed by atoms with Gasteiger partial charge in [-0.05, 0) is 19.3 Å². The number of allylic oxidation sites excluding steroid dienone is 2. The molecule has 2 nitrogen and oxygen atoms in total. The Kier molecular flexibility index (Phi) is 9.43. The second-order valence-corrected chi connectivity index (χ2v) is 4.66. The van der Waals surface area contributed by atoms with Crippen LogP contribution in [-0.4, -0.2) is 6.29 Å². The van der Waals surface area contributed by atoms with Gasteiger partial charge in [0.15, 0.2) is 0 Å². The highest BCUT2D eigenvalue weighted by Crippen LogP contribution is 2.30. The van der Waals surface area contributed by atoms with E-state index < -0.39 is 0 Å². The van der Waals surface area contributed by atoms with Crippen LogP contribution in [0.2, 0.25) is 0 Å². The van der Waals surface area contributed by atoms with Crippen LogP contribution in [0, 0.1) is 16.7 Å². The Labute approximate surface area is 106 Å². The zero-order chi connectivity index (χ0) is 13.0. The number of carbonyl (C=O) groups is 1. The van der Waals surface area contributed by atoms with Crippen LogP contribution in [0.3, 0.4) is 0 Å². The molecule has 0 aromatic rings. The van der Waals surface area contributed by atoms with Crippen molar-refractivity contribution in [2.75, 3.05) is 0 Å². The van der Waals surface area contributed by atoms with Crippen LogP contribution in [0.15, 0.2) is 12.2 Å². The van der Waals surface area contributed by atoms with E-state index >= 15 is 0 Å². The summed E-state index contributed by atoms with van der Waals surface area (Å²) in [6.45, 7) is 4.29. The highest BCUT2D eigenvalue weighted by molar-refractivity contribution is 5.62. The fraction of sp³-hybridized carbons (Fsp3) is 0.733. The summed E-state index contributed by atoms with van der Waals surface area (Å²) in [6.07, 6.45) is 12.7. The summed E-state index contributed by atoms with van der Waals surface area (Å²) in [7, 11) is 0. The summed E-state index contributed by atoms with van der Waals surface area (Å²) in [5, 5.41) is 8.67. The third-order valence-electron chi connectivity index (χ3n) is 3.11. The number of rotatable bonds is 10. The van der Waals surface area contributed by atoms with E-state index in [4.69, 9.17) is 5.26 Å². The van der Waals surface area contributed by atoms with Crippen molar-refractivity contribution in [1.82, 2.24) is 0 Å². The highest BCUT2D eigenvalue weighted by Gasteiger charge is 2.25. The molecule has 1 atom stereocenters. The van der Waals surface area contributed by atoms with E-state index in [-0.39, 0.29) is 5.41 Å². The number of unbranched alkanes of at least 4 members (excludes halogenated alkanes) is 3. The Balaban J connectivity index is 4.48. The number of nitriles is 1. The van der Waals surface area contributed by atoms with Crippen molar-refractivity contribution >= 4 is 6.29 Å². The molecule has 0 radical (unpaired) electrons. The molecule has 0 aromatic heterocycles. The minimum Gasteiger partial charge on any atom is -0.302 e. The largest absolute Gasteiger partial charge is 0.302 e. The first kappa shape index (κ1) is 15.9. The fourth-order valence-electron chi connectivity index (χ4n) is 1.88. The molecule has 0 bridgehead atoms. The van der Waals surface area contributed by atoms with Crippen LogP contribution < -0.4 is 0 Å². The lowest BCUT2D eigenvalue weighted by Crippen LogP contribution is -2.19. The van der Waals surface area contributed by atoms with Gasteiger partial charge in [0, 0.05) is 11.8 Å². The van der Waals surface area contributed by atoms with E-state index in [9.17, 15) is 4.79 Å². The number of hydrogen-bond donors (Lipinski definition) is 0. The maximum atomic E-state index is 11.3. The molecule has 0 saturated carbocycles. The Morgan fingerprint density at radius 2 is 1.88 bits per heavy atom. The van der Waals surface area contributed by atoms with Crippen molar-refractivity contribution in [3.63, 3.8) is 0 Å². The zero-order valence-electron chi connectivity index (χ0n) is 11.2. The number of nitrogens with zero attached hydrogens (tertiary/aromatic N) is 1. The minimum absolute atomic E-state index is 0.389. The van der Waals surface area contributed by atoms with E-state index in [1.807, 2.05) is 6.08 Å². The van der Waals surface area contributed by atoms with Crippen molar-refractivity contribution in [3.05, 3.63) is 12.2 Å². The minimum atomic E-state index is -0.389. The van der Waals surface area contributed by atoms with Gasteiger partial charge in [-0.3, -0.25) is 0 Å². The maximum Gasteiger partial charge on any atom is 0.129 e. The summed E-state index contributed by atoms with van der Waals surface area (Å²) in [6, 6.07) is 2.14. The second kappa shape index (κ2) is 10.1. The number of aldehydes is 1. The van der Waals surface area contributed by atoms with Crippen LogP contribution in [0.5, 0.6) is 0 Å². The predicted octanol–water partition coefficient (Wildman–Crippen LogP) is 4.41. The third kappa shape index (κ3) is 6.94. The molecule has 0 rings (SSSR count). The van der Waals surface area contributed by atoms with E-state index in [2.05, 4.69) is 26.0 Å². The van der Waals surface area contributed by atoms with Gasteiger partial charge in [-0.2, -0.15) is 5.26 Å². The summed E-state index contributed by atoms with van der Waals surface area (Å²) >= 11 is 0. The molecule has 0 amide bonds. The maximum absolute atomic E-state index is 11.3. The first-order valence-electron chi connectivity index (χ1n) is 6.75. The monoisotopic (exact) mass is 235 g/mol. The third-order valence-corrected chi connectivity index (χ3v) is 3.11. The van der Waals surface area contributed by atoms with Crippen molar-refractivity contribution in [2.45, 2.75) is 65.2 Å². The van der Waals surface area contributed by atoms with Crippen molar-refractivity contribution in [2.24, 2.45) is 5.41 Å². The van der Waals surface area contributed by atoms with Crippen LogP contribution >= 0.6 is 0 Å². The van der Waals surface area contributed by atoms with Gasteiger partial charge in [0.1, 0.15) is 6.29 Å². The van der Waals surface area contributed by atoms with Gasteiger partial charge in [0.25, 0.3) is 0 Å². The van der Waals surface area contributed by atoms with Gasteiger partial charge in [-0.25, -0.2) is 0 Å². The molecule has 1 unspecified atom stereocenters. The molecule has 0 saturated heterocycles. The molecule has 0 N–H and O–H groups in total. The predicted molar refractivity (Wildman–Crippen MR) is 71.5 cm³/mol. The Bertz CT molecular complexity index is 265. The summed E-state index contributed by atoms with van der Waals surface area (Å²) in [5.74, 6) is 0. The quantitative estimate of drug-likeness (QED) is 0.319. The number of hydrogen-bond acceptors (Lipinski definition) is 2. The normalized spacial score (nSPS) is 14.4. The lowest BCUT2D eigenvalue weighted by molar-refractivity contribution is -0.114. The molecule has 17 heavy (non-hydrogen) atoms. The van der Waals surface area contributed by atoms with Crippen LogP contribution in [0.25, 0.3) is 0 Å². The summed E-state index contributed by atoms with van der Waals surface area (Å²) in [5.41, 5.74) is -0.389. The Morgan fingerprint density at radius 1 is 1.18 bits per heavy atom. The molecule has 0 fully saturated rings. The second-order valence-electron chi connectivity index (χ2n) is 4.66. The molecule has 96 valence electrons. The Morgan fingerprint density at radius 3 is 2.41 bits per heavy atom. The first-order chi connectivity index (χ1) is 8.24. The first-order valence-corrected chi connectivity index (χ1v) is 6.75. The average Bonchev–Trinajstić information content (AvgIpc) is 2.37. The lowest BCUT2D eigenvalue weighted by Gasteiger charge is -2.23. The zero-order valence-corrected chi connectivity index (χ0v) is 11.2. The van der Waals surface area contributed by atoms with Gasteiger partial charge in [0.2, 0.25) is 0 Å². The average molecular weight is 235 g/mol.